The van der Waals surface area contributed by atoms with Crippen LogP contribution in [0.1, 0.15) is 12.5 Å². The quantitative estimate of drug-likeness (QED) is 0.454. The first-order chi connectivity index (χ1) is 6.77. The Balaban J connectivity index is 2.05. The van der Waals surface area contributed by atoms with E-state index in [1.165, 1.54) is 0 Å². The van der Waals surface area contributed by atoms with Crippen molar-refractivity contribution in [3.8, 4) is 11.8 Å². The fourth-order valence-corrected chi connectivity index (χ4v) is 1.22. The van der Waals surface area contributed by atoms with Crippen LogP contribution in [0.2, 0.25) is 0 Å². The Morgan fingerprint density at radius 1 is 1.29 bits per heavy atom. The molecule has 70 valence electrons. The highest BCUT2D eigenvalue weighted by molar-refractivity contribution is 5.79. The van der Waals surface area contributed by atoms with Gasteiger partial charge in [0, 0.05) is 5.56 Å². The molecule has 1 aromatic rings. The van der Waals surface area contributed by atoms with E-state index in [1.807, 2.05) is 37.3 Å². The summed E-state index contributed by atoms with van der Waals surface area (Å²) in [7, 11) is 0. The van der Waals surface area contributed by atoms with E-state index >= 15 is 0 Å². The van der Waals surface area contributed by atoms with E-state index in [9.17, 15) is 4.79 Å². The lowest BCUT2D eigenvalue weighted by atomic mass is 10.00. The Morgan fingerprint density at radius 3 is 2.57 bits per heavy atom. The second-order valence-corrected chi connectivity index (χ2v) is 3.28. The van der Waals surface area contributed by atoms with Gasteiger partial charge in [-0.1, -0.05) is 30.0 Å². The molecule has 14 heavy (non-hydrogen) atoms. The van der Waals surface area contributed by atoms with Gasteiger partial charge < -0.3 is 4.74 Å². The maximum atomic E-state index is 10.8. The highest BCUT2D eigenvalue weighted by atomic mass is 16.6. The fourth-order valence-electron chi connectivity index (χ4n) is 1.22. The molecule has 1 heterocycles. The average Bonchev–Trinajstić information content (AvgIpc) is 2.25. The third-order valence-electron chi connectivity index (χ3n) is 2.20. The predicted molar refractivity (Wildman–Crippen MR) is 52.4 cm³/mol. The van der Waals surface area contributed by atoms with Gasteiger partial charge in [0.1, 0.15) is 5.92 Å². The zero-order chi connectivity index (χ0) is 9.97. The van der Waals surface area contributed by atoms with Crippen LogP contribution in [-0.2, 0) is 9.53 Å². The largest absolute Gasteiger partial charge is 0.448 e. The molecule has 0 N–H and O–H groups in total. The van der Waals surface area contributed by atoms with E-state index < -0.39 is 0 Å². The molecule has 2 atom stereocenters. The summed E-state index contributed by atoms with van der Waals surface area (Å²) in [4.78, 5) is 10.8. The molecule has 0 spiro atoms. The van der Waals surface area contributed by atoms with Gasteiger partial charge in [-0.15, -0.1) is 0 Å². The van der Waals surface area contributed by atoms with E-state index in [0.29, 0.717) is 0 Å². The number of carbonyl (C=O) groups is 1. The van der Waals surface area contributed by atoms with Crippen molar-refractivity contribution in [2.24, 2.45) is 5.92 Å². The third kappa shape index (κ3) is 1.62. The van der Waals surface area contributed by atoms with Gasteiger partial charge in [0.25, 0.3) is 0 Å². The van der Waals surface area contributed by atoms with Crippen LogP contribution in [0.4, 0.5) is 0 Å². The zero-order valence-electron chi connectivity index (χ0n) is 7.86. The maximum Gasteiger partial charge on any atom is 0.314 e. The van der Waals surface area contributed by atoms with Gasteiger partial charge in [-0.05, 0) is 19.1 Å². The van der Waals surface area contributed by atoms with E-state index in [-0.39, 0.29) is 18.0 Å². The van der Waals surface area contributed by atoms with Gasteiger partial charge in [0.2, 0.25) is 0 Å². The number of cyclic esters (lactones) is 1. The molecular weight excluding hydrogens is 176 g/mol. The normalized spacial score (nSPS) is 24.2. The van der Waals surface area contributed by atoms with Crippen LogP contribution < -0.4 is 0 Å². The van der Waals surface area contributed by atoms with Crippen LogP contribution in [-0.4, -0.2) is 12.1 Å². The molecule has 2 heteroatoms. The number of rotatable bonds is 0. The first-order valence-electron chi connectivity index (χ1n) is 4.54. The molecule has 2 rings (SSSR count). The summed E-state index contributed by atoms with van der Waals surface area (Å²) in [6, 6.07) is 9.66. The van der Waals surface area contributed by atoms with Crippen molar-refractivity contribution in [3.63, 3.8) is 0 Å². The molecule has 0 amide bonds. The standard InChI is InChI=1S/C12H10O2/c1-9-11(14-12(9)13)8-7-10-5-3-2-4-6-10/h2-6,9,11H,1H3/t9-,11-/m1/s1. The molecule has 1 aromatic carbocycles. The molecule has 0 radical (unpaired) electrons. The second-order valence-electron chi connectivity index (χ2n) is 3.28. The number of carbonyl (C=O) groups excluding carboxylic acids is 1. The zero-order valence-corrected chi connectivity index (χ0v) is 7.86. The monoisotopic (exact) mass is 186 g/mol. The summed E-state index contributed by atoms with van der Waals surface area (Å²) in [6.45, 7) is 1.83. The molecule has 0 saturated carbocycles. The minimum atomic E-state index is -0.220. The molecule has 0 aromatic heterocycles. The Morgan fingerprint density at radius 2 is 2.00 bits per heavy atom. The third-order valence-corrected chi connectivity index (χ3v) is 2.20. The Kier molecular flexibility index (Phi) is 2.24. The molecule has 1 aliphatic rings. The number of hydrogen-bond donors (Lipinski definition) is 0. The minimum Gasteiger partial charge on any atom is -0.448 e. The molecule has 0 aliphatic carbocycles. The highest BCUT2D eigenvalue weighted by Gasteiger charge is 2.37. The second kappa shape index (κ2) is 3.55. The lowest BCUT2D eigenvalue weighted by molar-refractivity contribution is -0.175. The molecule has 1 aliphatic heterocycles. The summed E-state index contributed by atoms with van der Waals surface area (Å²) in [6.07, 6.45) is -0.220. The first kappa shape index (κ1) is 8.83. The van der Waals surface area contributed by atoms with Gasteiger partial charge in [-0.3, -0.25) is 4.79 Å². The van der Waals surface area contributed by atoms with Crippen molar-refractivity contribution in [2.45, 2.75) is 13.0 Å². The van der Waals surface area contributed by atoms with Crippen LogP contribution in [0.15, 0.2) is 30.3 Å². The smallest absolute Gasteiger partial charge is 0.314 e. The first-order valence-corrected chi connectivity index (χ1v) is 4.54. The van der Waals surface area contributed by atoms with Crippen molar-refractivity contribution < 1.29 is 9.53 Å². The van der Waals surface area contributed by atoms with Crippen molar-refractivity contribution in [1.29, 1.82) is 0 Å². The van der Waals surface area contributed by atoms with Crippen molar-refractivity contribution in [2.75, 3.05) is 0 Å². The minimum absolute atomic E-state index is 0.0776. The van der Waals surface area contributed by atoms with Gasteiger partial charge in [0.15, 0.2) is 6.10 Å². The molecule has 1 fully saturated rings. The van der Waals surface area contributed by atoms with Gasteiger partial charge in [-0.25, -0.2) is 0 Å². The summed E-state index contributed by atoms with van der Waals surface area (Å²) in [5.74, 6) is 5.66. The molecular formula is C12H10O2. The van der Waals surface area contributed by atoms with E-state index in [2.05, 4.69) is 11.8 Å². The van der Waals surface area contributed by atoms with Gasteiger partial charge in [-0.2, -0.15) is 0 Å². The van der Waals surface area contributed by atoms with Crippen LogP contribution in [0.3, 0.4) is 0 Å². The van der Waals surface area contributed by atoms with Gasteiger partial charge >= 0.3 is 5.97 Å². The summed E-state index contributed by atoms with van der Waals surface area (Å²) < 4.78 is 4.86. The molecule has 1 saturated heterocycles. The highest BCUT2D eigenvalue weighted by Crippen LogP contribution is 2.20. The Bertz CT molecular complexity index is 397. The lowest BCUT2D eigenvalue weighted by Gasteiger charge is -2.27. The van der Waals surface area contributed by atoms with Crippen molar-refractivity contribution in [1.82, 2.24) is 0 Å². The Hall–Kier alpha value is -1.75. The van der Waals surface area contributed by atoms with E-state index in [0.717, 1.165) is 5.56 Å². The van der Waals surface area contributed by atoms with Crippen molar-refractivity contribution in [3.05, 3.63) is 35.9 Å². The van der Waals surface area contributed by atoms with Crippen LogP contribution in [0.25, 0.3) is 0 Å². The predicted octanol–water partition coefficient (Wildman–Crippen LogP) is 1.60. The molecule has 2 nitrogen and oxygen atoms in total. The molecule has 0 bridgehead atoms. The van der Waals surface area contributed by atoms with Crippen LogP contribution in [0.5, 0.6) is 0 Å². The SMILES string of the molecule is C[C@H]1C(=O)O[C@@H]1C#Cc1ccccc1. The average molecular weight is 186 g/mol. The summed E-state index contributed by atoms with van der Waals surface area (Å²) in [5.41, 5.74) is 0.947. The van der Waals surface area contributed by atoms with E-state index in [1.54, 1.807) is 0 Å². The van der Waals surface area contributed by atoms with Crippen molar-refractivity contribution >= 4 is 5.97 Å². The van der Waals surface area contributed by atoms with E-state index in [4.69, 9.17) is 4.74 Å². The summed E-state index contributed by atoms with van der Waals surface area (Å²) in [5, 5.41) is 0. The topological polar surface area (TPSA) is 26.3 Å². The maximum absolute atomic E-state index is 10.8. The lowest BCUT2D eigenvalue weighted by Crippen LogP contribution is -2.42. The number of benzene rings is 1. The Labute approximate surface area is 82.9 Å². The summed E-state index contributed by atoms with van der Waals surface area (Å²) >= 11 is 0. The number of ether oxygens (including phenoxy) is 1. The van der Waals surface area contributed by atoms with Crippen LogP contribution >= 0.6 is 0 Å². The van der Waals surface area contributed by atoms with Crippen LogP contribution in [0, 0.1) is 17.8 Å². The fraction of sp³-hybridized carbons (Fsp3) is 0.250. The van der Waals surface area contributed by atoms with Gasteiger partial charge in [0.05, 0.1) is 0 Å². The number of hydrogen-bond acceptors (Lipinski definition) is 2. The number of esters is 1. The molecule has 0 unspecified atom stereocenters.